The zero-order valence-electron chi connectivity index (χ0n) is 11.1. The van der Waals surface area contributed by atoms with Crippen molar-refractivity contribution in [2.45, 2.75) is 25.3 Å². The van der Waals surface area contributed by atoms with E-state index in [9.17, 15) is 18.3 Å². The third-order valence-corrected chi connectivity index (χ3v) is 4.56. The molecule has 1 saturated heterocycles. The van der Waals surface area contributed by atoms with E-state index >= 15 is 0 Å². The van der Waals surface area contributed by atoms with Crippen molar-refractivity contribution in [2.24, 2.45) is 0 Å². The van der Waals surface area contributed by atoms with Crippen LogP contribution in [-0.4, -0.2) is 54.8 Å². The number of likely N-dealkylation sites (tertiary alicyclic amines) is 1. The van der Waals surface area contributed by atoms with Gasteiger partial charge in [0.05, 0.1) is 31.0 Å². The first kappa shape index (κ1) is 15.2. The lowest BCUT2D eigenvalue weighted by atomic mass is 10.2. The monoisotopic (exact) mass is 319 g/mol. The quantitative estimate of drug-likeness (QED) is 0.798. The molecular weight excluding hydrogens is 302 g/mol. The Balaban J connectivity index is 1.98. The molecular formula is C11H17N3O4S2. The molecule has 1 aliphatic rings. The third-order valence-electron chi connectivity index (χ3n) is 3.07. The standard InChI is InChI=1S/C11H17N3O4S2/c1-20(17,18)13-11-12-8(7-19-11)5-10(16)14-4-2-3-9(14)6-15/h7,9,15H,2-6H2,1H3,(H,12,13)/t9-/m1/s1. The highest BCUT2D eigenvalue weighted by atomic mass is 32.2. The maximum Gasteiger partial charge on any atom is 0.231 e. The van der Waals surface area contributed by atoms with Crippen LogP contribution >= 0.6 is 11.3 Å². The van der Waals surface area contributed by atoms with Crippen molar-refractivity contribution in [1.82, 2.24) is 9.88 Å². The molecule has 1 aromatic rings. The summed E-state index contributed by atoms with van der Waals surface area (Å²) in [6, 6.07) is -0.102. The Bertz CT molecular complexity index is 584. The van der Waals surface area contributed by atoms with Crippen molar-refractivity contribution in [1.29, 1.82) is 0 Å². The number of anilines is 1. The molecule has 2 heterocycles. The Morgan fingerprint density at radius 2 is 2.40 bits per heavy atom. The molecule has 9 heteroatoms. The average molecular weight is 319 g/mol. The molecule has 7 nitrogen and oxygen atoms in total. The number of carbonyl (C=O) groups excluding carboxylic acids is 1. The maximum absolute atomic E-state index is 12.1. The first-order valence-corrected chi connectivity index (χ1v) is 8.98. The van der Waals surface area contributed by atoms with Crippen molar-refractivity contribution < 1.29 is 18.3 Å². The molecule has 20 heavy (non-hydrogen) atoms. The van der Waals surface area contributed by atoms with Crippen LogP contribution in [-0.2, 0) is 21.2 Å². The summed E-state index contributed by atoms with van der Waals surface area (Å²) in [5.41, 5.74) is 0.537. The minimum absolute atomic E-state index is 0.0241. The van der Waals surface area contributed by atoms with Crippen molar-refractivity contribution in [2.75, 3.05) is 24.1 Å². The van der Waals surface area contributed by atoms with E-state index in [-0.39, 0.29) is 30.1 Å². The summed E-state index contributed by atoms with van der Waals surface area (Å²) in [7, 11) is -3.35. The molecule has 112 valence electrons. The lowest BCUT2D eigenvalue weighted by Gasteiger charge is -2.22. The van der Waals surface area contributed by atoms with Crippen molar-refractivity contribution >= 4 is 32.4 Å². The number of hydrogen-bond donors (Lipinski definition) is 2. The second kappa shape index (κ2) is 6.06. The van der Waals surface area contributed by atoms with E-state index in [0.717, 1.165) is 30.4 Å². The van der Waals surface area contributed by atoms with E-state index in [1.54, 1.807) is 10.3 Å². The number of nitrogens with one attached hydrogen (secondary N) is 1. The van der Waals surface area contributed by atoms with Crippen LogP contribution in [0.5, 0.6) is 0 Å². The van der Waals surface area contributed by atoms with Crippen LogP contribution in [0.1, 0.15) is 18.5 Å². The molecule has 2 rings (SSSR count). The molecule has 0 aliphatic carbocycles. The topological polar surface area (TPSA) is 99.6 Å². The van der Waals surface area contributed by atoms with Gasteiger partial charge in [-0.05, 0) is 12.8 Å². The van der Waals surface area contributed by atoms with Gasteiger partial charge < -0.3 is 10.0 Å². The fourth-order valence-corrected chi connectivity index (χ4v) is 3.77. The van der Waals surface area contributed by atoms with Gasteiger partial charge in [-0.25, -0.2) is 13.4 Å². The van der Waals surface area contributed by atoms with Crippen molar-refractivity contribution in [3.63, 3.8) is 0 Å². The second-order valence-electron chi connectivity index (χ2n) is 4.76. The number of hydrogen-bond acceptors (Lipinski definition) is 6. The van der Waals surface area contributed by atoms with Gasteiger partial charge in [0.25, 0.3) is 0 Å². The van der Waals surface area contributed by atoms with E-state index in [2.05, 4.69) is 9.71 Å². The van der Waals surface area contributed by atoms with Crippen molar-refractivity contribution in [3.8, 4) is 0 Å². The molecule has 0 spiro atoms. The normalized spacial score (nSPS) is 19.3. The molecule has 0 radical (unpaired) electrons. The molecule has 1 fully saturated rings. The summed E-state index contributed by atoms with van der Waals surface area (Å²) < 4.78 is 24.4. The molecule has 2 N–H and O–H groups in total. The highest BCUT2D eigenvalue weighted by Crippen LogP contribution is 2.20. The van der Waals surface area contributed by atoms with Crippen LogP contribution in [0.15, 0.2) is 5.38 Å². The van der Waals surface area contributed by atoms with E-state index in [0.29, 0.717) is 12.2 Å². The summed E-state index contributed by atoms with van der Waals surface area (Å²) in [5.74, 6) is -0.0854. The molecule has 0 unspecified atom stereocenters. The Kier molecular flexibility index (Phi) is 4.61. The van der Waals surface area contributed by atoms with Gasteiger partial charge >= 0.3 is 0 Å². The summed E-state index contributed by atoms with van der Waals surface area (Å²) in [6.45, 7) is 0.631. The number of aliphatic hydroxyl groups is 1. The molecule has 1 aliphatic heterocycles. The Hall–Kier alpha value is -1.19. The number of thiazole rings is 1. The smallest absolute Gasteiger partial charge is 0.231 e. The van der Waals surface area contributed by atoms with Gasteiger partial charge in [0.2, 0.25) is 15.9 Å². The Morgan fingerprint density at radius 1 is 1.65 bits per heavy atom. The largest absolute Gasteiger partial charge is 0.394 e. The second-order valence-corrected chi connectivity index (χ2v) is 7.37. The lowest BCUT2D eigenvalue weighted by Crippen LogP contribution is -2.38. The van der Waals surface area contributed by atoms with Gasteiger partial charge in [-0.3, -0.25) is 9.52 Å². The number of carbonyl (C=O) groups is 1. The van der Waals surface area contributed by atoms with Crippen LogP contribution in [0.25, 0.3) is 0 Å². The number of sulfonamides is 1. The van der Waals surface area contributed by atoms with Gasteiger partial charge in [-0.15, -0.1) is 11.3 Å². The third kappa shape index (κ3) is 3.90. The molecule has 1 aromatic heterocycles. The minimum Gasteiger partial charge on any atom is -0.394 e. The number of aliphatic hydroxyl groups excluding tert-OH is 1. The van der Waals surface area contributed by atoms with Crippen LogP contribution in [0, 0.1) is 0 Å². The Morgan fingerprint density at radius 3 is 3.05 bits per heavy atom. The van der Waals surface area contributed by atoms with Gasteiger partial charge in [-0.2, -0.15) is 0 Å². The summed E-state index contributed by atoms with van der Waals surface area (Å²) >= 11 is 1.15. The molecule has 1 amide bonds. The van der Waals surface area contributed by atoms with E-state index in [4.69, 9.17) is 0 Å². The molecule has 1 atom stereocenters. The van der Waals surface area contributed by atoms with Crippen LogP contribution in [0.2, 0.25) is 0 Å². The average Bonchev–Trinajstić information content (AvgIpc) is 2.95. The van der Waals surface area contributed by atoms with Gasteiger partial charge in [-0.1, -0.05) is 0 Å². The number of nitrogens with zero attached hydrogens (tertiary/aromatic N) is 2. The van der Waals surface area contributed by atoms with Gasteiger partial charge in [0.15, 0.2) is 5.13 Å². The van der Waals surface area contributed by atoms with Gasteiger partial charge in [0.1, 0.15) is 0 Å². The highest BCUT2D eigenvalue weighted by Gasteiger charge is 2.28. The van der Waals surface area contributed by atoms with E-state index in [1.807, 2.05) is 0 Å². The summed E-state index contributed by atoms with van der Waals surface area (Å²) in [6.07, 6.45) is 2.89. The number of rotatable bonds is 5. The maximum atomic E-state index is 12.1. The fourth-order valence-electron chi connectivity index (χ4n) is 2.20. The number of aromatic nitrogens is 1. The predicted octanol–water partition coefficient (Wildman–Crippen LogP) is 0.0404. The number of amides is 1. The molecule has 0 bridgehead atoms. The summed E-state index contributed by atoms with van der Waals surface area (Å²) in [5, 5.41) is 11.1. The highest BCUT2D eigenvalue weighted by molar-refractivity contribution is 7.92. The zero-order chi connectivity index (χ0) is 14.8. The SMILES string of the molecule is CS(=O)(=O)Nc1nc(CC(=O)N2CCC[C@@H]2CO)cs1. The molecule has 0 aromatic carbocycles. The predicted molar refractivity (Wildman–Crippen MR) is 76.1 cm³/mol. The van der Waals surface area contributed by atoms with E-state index < -0.39 is 10.0 Å². The van der Waals surface area contributed by atoms with Crippen LogP contribution in [0.3, 0.4) is 0 Å². The fraction of sp³-hybridized carbons (Fsp3) is 0.636. The van der Waals surface area contributed by atoms with Gasteiger partial charge in [0, 0.05) is 11.9 Å². The lowest BCUT2D eigenvalue weighted by molar-refractivity contribution is -0.132. The van der Waals surface area contributed by atoms with E-state index in [1.165, 1.54) is 0 Å². The summed E-state index contributed by atoms with van der Waals surface area (Å²) in [4.78, 5) is 17.9. The van der Waals surface area contributed by atoms with Crippen LogP contribution < -0.4 is 4.72 Å². The first-order chi connectivity index (χ1) is 9.39. The van der Waals surface area contributed by atoms with Crippen LogP contribution in [0.4, 0.5) is 5.13 Å². The molecule has 0 saturated carbocycles. The Labute approximate surface area is 121 Å². The van der Waals surface area contributed by atoms with Crippen molar-refractivity contribution in [3.05, 3.63) is 11.1 Å². The minimum atomic E-state index is -3.35. The first-order valence-electron chi connectivity index (χ1n) is 6.21. The zero-order valence-corrected chi connectivity index (χ0v) is 12.7.